The average Bonchev–Trinajstić information content (AvgIpc) is 2.40. The quantitative estimate of drug-likeness (QED) is 0.870. The number of rotatable bonds is 3. The molecule has 0 saturated carbocycles. The molecule has 0 radical (unpaired) electrons. The van der Waals surface area contributed by atoms with Gasteiger partial charge in [0.15, 0.2) is 0 Å². The van der Waals surface area contributed by atoms with Crippen LogP contribution in [0.2, 0.25) is 0 Å². The molecule has 2 aromatic rings. The normalized spacial score (nSPS) is 11.4. The van der Waals surface area contributed by atoms with Crippen LogP contribution >= 0.6 is 27.7 Å². The van der Waals surface area contributed by atoms with Crippen LogP contribution in [0.25, 0.3) is 0 Å². The third kappa shape index (κ3) is 3.94. The van der Waals surface area contributed by atoms with E-state index in [1.807, 2.05) is 0 Å². The van der Waals surface area contributed by atoms with E-state index in [-0.39, 0.29) is 15.2 Å². The van der Waals surface area contributed by atoms with Crippen LogP contribution in [0.4, 0.5) is 13.2 Å². The average molecular weight is 379 g/mol. The maximum Gasteiger partial charge on any atom is 0.419 e. The van der Waals surface area contributed by atoms with E-state index in [0.29, 0.717) is 4.90 Å². The van der Waals surface area contributed by atoms with Crippen LogP contribution < -0.4 is 0 Å². The van der Waals surface area contributed by atoms with Crippen molar-refractivity contribution in [1.82, 2.24) is 9.97 Å². The van der Waals surface area contributed by atoms with Crippen LogP contribution in [0.1, 0.15) is 16.1 Å². The molecule has 0 bridgehead atoms. The van der Waals surface area contributed by atoms with Crippen LogP contribution in [-0.2, 0) is 6.18 Å². The molecular weight excluding hydrogens is 373 g/mol. The molecule has 0 unspecified atom stereocenters. The van der Waals surface area contributed by atoms with E-state index in [0.717, 1.165) is 17.8 Å². The Bertz CT molecular complexity index is 694. The third-order valence-electron chi connectivity index (χ3n) is 2.29. The highest BCUT2D eigenvalue weighted by Crippen LogP contribution is 2.39. The number of hydrogen-bond acceptors (Lipinski definition) is 4. The highest BCUT2D eigenvalue weighted by molar-refractivity contribution is 9.10. The predicted octanol–water partition coefficient (Wildman–Crippen LogP) is 4.11. The molecule has 0 amide bonds. The van der Waals surface area contributed by atoms with E-state index in [1.54, 1.807) is 0 Å². The summed E-state index contributed by atoms with van der Waals surface area (Å²) in [4.78, 5) is 18.5. The second-order valence-electron chi connectivity index (χ2n) is 3.79. The van der Waals surface area contributed by atoms with Gasteiger partial charge >= 0.3 is 12.1 Å². The lowest BCUT2D eigenvalue weighted by atomic mass is 10.3. The van der Waals surface area contributed by atoms with Gasteiger partial charge in [-0.25, -0.2) is 14.8 Å². The summed E-state index contributed by atoms with van der Waals surface area (Å²) in [5, 5.41) is 8.57. The van der Waals surface area contributed by atoms with Crippen molar-refractivity contribution in [2.24, 2.45) is 0 Å². The molecule has 0 aliphatic carbocycles. The molecule has 0 saturated heterocycles. The van der Waals surface area contributed by atoms with Gasteiger partial charge < -0.3 is 5.11 Å². The Labute approximate surface area is 129 Å². The second kappa shape index (κ2) is 6.02. The fraction of sp³-hybridized carbons (Fsp3) is 0.0833. The number of carbonyl (C=O) groups is 1. The maximum atomic E-state index is 13.0. The minimum absolute atomic E-state index is 0.208. The van der Waals surface area contributed by atoms with Crippen LogP contribution in [0.5, 0.6) is 0 Å². The molecule has 0 aliphatic heterocycles. The van der Waals surface area contributed by atoms with Crippen molar-refractivity contribution in [3.05, 3.63) is 46.3 Å². The largest absolute Gasteiger partial charge is 0.477 e. The molecule has 9 heteroatoms. The summed E-state index contributed by atoms with van der Waals surface area (Å²) in [6.45, 7) is 0. The number of nitrogens with zero attached hydrogens (tertiary/aromatic N) is 2. The molecule has 0 spiro atoms. The predicted molar refractivity (Wildman–Crippen MR) is 72.3 cm³/mol. The van der Waals surface area contributed by atoms with Crippen molar-refractivity contribution in [3.63, 3.8) is 0 Å². The van der Waals surface area contributed by atoms with Crippen molar-refractivity contribution in [2.45, 2.75) is 16.1 Å². The minimum atomic E-state index is -4.55. The molecule has 110 valence electrons. The molecule has 2 rings (SSSR count). The van der Waals surface area contributed by atoms with Gasteiger partial charge in [-0.05, 0) is 34.1 Å². The fourth-order valence-electron chi connectivity index (χ4n) is 1.41. The molecule has 0 atom stereocenters. The fourth-order valence-corrected chi connectivity index (χ4v) is 2.66. The van der Waals surface area contributed by atoms with Gasteiger partial charge in [-0.1, -0.05) is 11.8 Å². The molecule has 21 heavy (non-hydrogen) atoms. The van der Waals surface area contributed by atoms with Gasteiger partial charge in [-0.2, -0.15) is 13.2 Å². The van der Waals surface area contributed by atoms with Crippen molar-refractivity contribution in [1.29, 1.82) is 0 Å². The van der Waals surface area contributed by atoms with Gasteiger partial charge in [-0.3, -0.25) is 0 Å². The van der Waals surface area contributed by atoms with Crippen molar-refractivity contribution in [2.75, 3.05) is 0 Å². The van der Waals surface area contributed by atoms with E-state index in [1.165, 1.54) is 24.5 Å². The first-order valence-electron chi connectivity index (χ1n) is 5.37. The topological polar surface area (TPSA) is 63.1 Å². The molecule has 4 nitrogen and oxygen atoms in total. The number of halogens is 4. The number of pyridine rings is 2. The summed E-state index contributed by atoms with van der Waals surface area (Å²) >= 11 is 3.67. The Kier molecular flexibility index (Phi) is 4.52. The first-order chi connectivity index (χ1) is 9.77. The smallest absolute Gasteiger partial charge is 0.419 e. The summed E-state index contributed by atoms with van der Waals surface area (Å²) < 4.78 is 39.1. The van der Waals surface area contributed by atoms with E-state index >= 15 is 0 Å². The lowest BCUT2D eigenvalue weighted by molar-refractivity contribution is -0.140. The molecule has 0 fully saturated rings. The number of carboxylic acid groups (broad SMARTS) is 1. The van der Waals surface area contributed by atoms with E-state index < -0.39 is 17.7 Å². The first-order valence-corrected chi connectivity index (χ1v) is 6.98. The highest BCUT2D eigenvalue weighted by Gasteiger charge is 2.34. The number of aromatic nitrogens is 2. The van der Waals surface area contributed by atoms with E-state index in [2.05, 4.69) is 25.9 Å². The first kappa shape index (κ1) is 15.8. The van der Waals surface area contributed by atoms with Gasteiger partial charge in [0, 0.05) is 21.8 Å². The number of aromatic carboxylic acids is 1. The molecule has 1 N–H and O–H groups in total. The lowest BCUT2D eigenvalue weighted by Crippen LogP contribution is -2.08. The Morgan fingerprint density at radius 3 is 2.62 bits per heavy atom. The van der Waals surface area contributed by atoms with E-state index in [9.17, 15) is 18.0 Å². The highest BCUT2D eigenvalue weighted by atomic mass is 79.9. The maximum absolute atomic E-state index is 13.0. The zero-order chi connectivity index (χ0) is 15.6. The van der Waals surface area contributed by atoms with Gasteiger partial charge in [0.2, 0.25) is 0 Å². The molecule has 2 aromatic heterocycles. The Hall–Kier alpha value is -1.61. The third-order valence-corrected chi connectivity index (χ3v) is 3.73. The lowest BCUT2D eigenvalue weighted by Gasteiger charge is -2.11. The van der Waals surface area contributed by atoms with Crippen molar-refractivity contribution < 1.29 is 23.1 Å². The number of carboxylic acids is 1. The summed E-state index contributed by atoms with van der Waals surface area (Å²) in [5.41, 5.74) is -1.14. The van der Waals surface area contributed by atoms with Crippen molar-refractivity contribution in [3.8, 4) is 0 Å². The van der Waals surface area contributed by atoms with Gasteiger partial charge in [-0.15, -0.1) is 0 Å². The van der Waals surface area contributed by atoms with E-state index in [4.69, 9.17) is 5.11 Å². The zero-order valence-electron chi connectivity index (χ0n) is 10.1. The summed E-state index contributed by atoms with van der Waals surface area (Å²) in [7, 11) is 0. The number of hydrogen-bond donors (Lipinski definition) is 1. The summed E-state index contributed by atoms with van der Waals surface area (Å²) in [6, 6.07) is 3.53. The van der Waals surface area contributed by atoms with Gasteiger partial charge in [0.25, 0.3) is 0 Å². The molecule has 0 aromatic carbocycles. The molecular formula is C12H6BrF3N2O2S. The van der Waals surface area contributed by atoms with Crippen LogP contribution in [0, 0.1) is 0 Å². The Balaban J connectivity index is 2.40. The molecule has 0 aliphatic rings. The summed E-state index contributed by atoms with van der Waals surface area (Å²) in [5.74, 6) is -1.25. The number of alkyl halides is 3. The molecule has 2 heterocycles. The monoisotopic (exact) mass is 378 g/mol. The zero-order valence-corrected chi connectivity index (χ0v) is 12.5. The van der Waals surface area contributed by atoms with Crippen LogP contribution in [0.3, 0.4) is 0 Å². The Morgan fingerprint density at radius 1 is 1.29 bits per heavy atom. The second-order valence-corrected chi connectivity index (χ2v) is 5.77. The summed E-state index contributed by atoms with van der Waals surface area (Å²) in [6.07, 6.45) is -2.09. The van der Waals surface area contributed by atoms with Gasteiger partial charge in [0.1, 0.15) is 10.7 Å². The minimum Gasteiger partial charge on any atom is -0.477 e. The SMILES string of the molecule is O=C(O)c1cc(Sc2ncc(Br)cc2C(F)(F)F)ccn1. The van der Waals surface area contributed by atoms with Crippen LogP contribution in [-0.4, -0.2) is 21.0 Å². The van der Waals surface area contributed by atoms with Gasteiger partial charge in [0.05, 0.1) is 5.56 Å². The van der Waals surface area contributed by atoms with Crippen molar-refractivity contribution >= 4 is 33.7 Å². The van der Waals surface area contributed by atoms with Crippen LogP contribution in [0.15, 0.2) is 45.0 Å². The Morgan fingerprint density at radius 2 is 2.00 bits per heavy atom. The standard InChI is InChI=1S/C12H6BrF3N2O2S/c13-6-3-8(12(14,15)16)10(18-5-6)21-7-1-2-17-9(4-7)11(19)20/h1-5H,(H,19,20).